The summed E-state index contributed by atoms with van der Waals surface area (Å²) in [6.07, 6.45) is 3.05. The minimum absolute atomic E-state index is 0. The summed E-state index contributed by atoms with van der Waals surface area (Å²) in [5, 5.41) is 0. The van der Waals surface area contributed by atoms with E-state index >= 15 is 0 Å². The Kier molecular flexibility index (Phi) is 6.37. The number of carbonyl (C=O) groups is 1. The predicted molar refractivity (Wildman–Crippen MR) is 87.9 cm³/mol. The molecule has 1 saturated heterocycles. The summed E-state index contributed by atoms with van der Waals surface area (Å²) in [5.41, 5.74) is 7.61. The molecule has 1 aromatic rings. The third-order valence-electron chi connectivity index (χ3n) is 3.93. The van der Waals surface area contributed by atoms with Crippen LogP contribution in [-0.2, 0) is 0 Å². The van der Waals surface area contributed by atoms with Gasteiger partial charge in [0, 0.05) is 23.0 Å². The second kappa shape index (κ2) is 7.34. The maximum atomic E-state index is 12.7. The van der Waals surface area contributed by atoms with Gasteiger partial charge in [0.1, 0.15) is 0 Å². The molecule has 2 unspecified atom stereocenters. The fourth-order valence-corrected chi connectivity index (χ4v) is 3.15. The van der Waals surface area contributed by atoms with E-state index in [4.69, 9.17) is 5.73 Å². The quantitative estimate of drug-likeness (QED) is 0.873. The summed E-state index contributed by atoms with van der Waals surface area (Å²) >= 11 is 1.67. The lowest BCUT2D eigenvalue weighted by atomic mass is 10.1. The molecule has 20 heavy (non-hydrogen) atoms. The molecular formula is C15H23ClN2OS. The van der Waals surface area contributed by atoms with Crippen LogP contribution >= 0.6 is 24.2 Å². The maximum absolute atomic E-state index is 12.7. The minimum Gasteiger partial charge on any atom is -0.336 e. The molecule has 0 bridgehead atoms. The van der Waals surface area contributed by atoms with Crippen molar-refractivity contribution in [2.24, 2.45) is 11.7 Å². The third kappa shape index (κ3) is 3.48. The van der Waals surface area contributed by atoms with Gasteiger partial charge in [-0.2, -0.15) is 0 Å². The van der Waals surface area contributed by atoms with Gasteiger partial charge in [0.15, 0.2) is 0 Å². The first kappa shape index (κ1) is 17.3. The maximum Gasteiger partial charge on any atom is 0.254 e. The zero-order valence-corrected chi connectivity index (χ0v) is 13.9. The Morgan fingerprint density at radius 3 is 2.75 bits per heavy atom. The summed E-state index contributed by atoms with van der Waals surface area (Å²) in [5.74, 6) is 0.597. The van der Waals surface area contributed by atoms with Crippen LogP contribution in [0.15, 0.2) is 23.1 Å². The fraction of sp³-hybridized carbons (Fsp3) is 0.533. The monoisotopic (exact) mass is 314 g/mol. The van der Waals surface area contributed by atoms with Gasteiger partial charge in [0.05, 0.1) is 0 Å². The van der Waals surface area contributed by atoms with Crippen LogP contribution in [0.25, 0.3) is 0 Å². The van der Waals surface area contributed by atoms with Gasteiger partial charge in [0.2, 0.25) is 0 Å². The largest absolute Gasteiger partial charge is 0.336 e. The summed E-state index contributed by atoms with van der Waals surface area (Å²) in [4.78, 5) is 15.8. The van der Waals surface area contributed by atoms with Crippen molar-refractivity contribution in [3.63, 3.8) is 0 Å². The molecule has 0 aliphatic carbocycles. The minimum atomic E-state index is 0. The first-order valence-electron chi connectivity index (χ1n) is 6.72. The molecular weight excluding hydrogens is 292 g/mol. The lowest BCUT2D eigenvalue weighted by Crippen LogP contribution is -2.34. The smallest absolute Gasteiger partial charge is 0.254 e. The molecule has 5 heteroatoms. The van der Waals surface area contributed by atoms with E-state index in [-0.39, 0.29) is 18.3 Å². The molecule has 1 amide bonds. The van der Waals surface area contributed by atoms with Gasteiger partial charge in [-0.15, -0.1) is 24.2 Å². The number of amides is 1. The number of carbonyl (C=O) groups excluding carboxylic acids is 1. The fourth-order valence-electron chi connectivity index (χ4n) is 2.71. The Morgan fingerprint density at radius 2 is 2.20 bits per heavy atom. The zero-order valence-electron chi connectivity index (χ0n) is 12.3. The van der Waals surface area contributed by atoms with E-state index in [0.29, 0.717) is 18.5 Å². The summed E-state index contributed by atoms with van der Waals surface area (Å²) < 4.78 is 0. The molecule has 1 fully saturated rings. The van der Waals surface area contributed by atoms with Crippen LogP contribution in [0.1, 0.15) is 29.3 Å². The molecule has 1 aliphatic heterocycles. The molecule has 1 aliphatic rings. The Hall–Kier alpha value is -0.710. The number of rotatable bonds is 3. The van der Waals surface area contributed by atoms with E-state index in [0.717, 1.165) is 29.0 Å². The number of aryl methyl sites for hydroxylation is 1. The van der Waals surface area contributed by atoms with Gasteiger partial charge in [-0.3, -0.25) is 4.79 Å². The Bertz CT molecular complexity index is 481. The highest BCUT2D eigenvalue weighted by molar-refractivity contribution is 7.98. The average Bonchev–Trinajstić information content (AvgIpc) is 2.80. The van der Waals surface area contributed by atoms with E-state index in [2.05, 4.69) is 13.0 Å². The number of benzene rings is 1. The molecule has 2 N–H and O–H groups in total. The van der Waals surface area contributed by atoms with Crippen LogP contribution in [0.3, 0.4) is 0 Å². The highest BCUT2D eigenvalue weighted by Gasteiger charge is 2.32. The normalized spacial score (nSPS) is 21.7. The molecule has 112 valence electrons. The van der Waals surface area contributed by atoms with Crippen molar-refractivity contribution in [1.82, 2.24) is 4.90 Å². The SMILES string of the molecule is CSc1ccc(C)c(C(=O)N2CC(CN)CC2C)c1.Cl. The molecule has 0 saturated carbocycles. The molecule has 3 nitrogen and oxygen atoms in total. The lowest BCUT2D eigenvalue weighted by molar-refractivity contribution is 0.0742. The molecule has 2 atom stereocenters. The van der Waals surface area contributed by atoms with E-state index in [1.807, 2.05) is 30.2 Å². The number of nitrogens with two attached hydrogens (primary N) is 1. The second-order valence-corrected chi connectivity index (χ2v) is 6.20. The highest BCUT2D eigenvalue weighted by atomic mass is 35.5. The van der Waals surface area contributed by atoms with Crippen molar-refractivity contribution in [3.8, 4) is 0 Å². The predicted octanol–water partition coefficient (Wildman–Crippen LogP) is 2.95. The standard InChI is InChI=1S/C15H22N2OS.ClH/c1-10-4-5-13(19-3)7-14(10)15(18)17-9-12(8-16)6-11(17)2;/h4-5,7,11-12H,6,8-9,16H2,1-3H3;1H. The van der Waals surface area contributed by atoms with Gasteiger partial charge in [-0.25, -0.2) is 0 Å². The van der Waals surface area contributed by atoms with Crippen molar-refractivity contribution in [3.05, 3.63) is 29.3 Å². The molecule has 1 aromatic carbocycles. The number of nitrogens with zero attached hydrogens (tertiary/aromatic N) is 1. The van der Waals surface area contributed by atoms with Crippen molar-refractivity contribution in [2.75, 3.05) is 19.3 Å². The lowest BCUT2D eigenvalue weighted by Gasteiger charge is -2.22. The summed E-state index contributed by atoms with van der Waals surface area (Å²) in [7, 11) is 0. The van der Waals surface area contributed by atoms with Crippen LogP contribution in [0, 0.1) is 12.8 Å². The van der Waals surface area contributed by atoms with Crippen LogP contribution in [0.4, 0.5) is 0 Å². The third-order valence-corrected chi connectivity index (χ3v) is 4.66. The first-order valence-corrected chi connectivity index (χ1v) is 7.95. The van der Waals surface area contributed by atoms with Gasteiger partial charge < -0.3 is 10.6 Å². The van der Waals surface area contributed by atoms with Crippen molar-refractivity contribution in [1.29, 1.82) is 0 Å². The second-order valence-electron chi connectivity index (χ2n) is 5.32. The number of hydrogen-bond donors (Lipinski definition) is 1. The van der Waals surface area contributed by atoms with Crippen molar-refractivity contribution in [2.45, 2.75) is 31.2 Å². The van der Waals surface area contributed by atoms with E-state index in [1.165, 1.54) is 0 Å². The number of hydrogen-bond acceptors (Lipinski definition) is 3. The van der Waals surface area contributed by atoms with Gasteiger partial charge in [-0.1, -0.05) is 6.07 Å². The Labute approximate surface area is 131 Å². The first-order chi connectivity index (χ1) is 9.06. The summed E-state index contributed by atoms with van der Waals surface area (Å²) in [6, 6.07) is 6.39. The Morgan fingerprint density at radius 1 is 1.50 bits per heavy atom. The number of thioether (sulfide) groups is 1. The van der Waals surface area contributed by atoms with Crippen LogP contribution < -0.4 is 5.73 Å². The van der Waals surface area contributed by atoms with Gasteiger partial charge >= 0.3 is 0 Å². The summed E-state index contributed by atoms with van der Waals surface area (Å²) in [6.45, 7) is 5.57. The Balaban J connectivity index is 0.00000200. The van der Waals surface area contributed by atoms with E-state index in [9.17, 15) is 4.79 Å². The molecule has 1 heterocycles. The van der Waals surface area contributed by atoms with Gasteiger partial charge in [0.25, 0.3) is 5.91 Å². The number of likely N-dealkylation sites (tertiary alicyclic amines) is 1. The molecule has 0 radical (unpaired) electrons. The van der Waals surface area contributed by atoms with Crippen LogP contribution in [-0.4, -0.2) is 36.2 Å². The molecule has 2 rings (SSSR count). The highest BCUT2D eigenvalue weighted by Crippen LogP contribution is 2.26. The zero-order chi connectivity index (χ0) is 14.0. The average molecular weight is 315 g/mol. The van der Waals surface area contributed by atoms with Crippen molar-refractivity contribution >= 4 is 30.1 Å². The van der Waals surface area contributed by atoms with E-state index < -0.39 is 0 Å². The van der Waals surface area contributed by atoms with Crippen molar-refractivity contribution < 1.29 is 4.79 Å². The topological polar surface area (TPSA) is 46.3 Å². The molecule has 0 spiro atoms. The van der Waals surface area contributed by atoms with E-state index in [1.54, 1.807) is 11.8 Å². The van der Waals surface area contributed by atoms with Gasteiger partial charge in [-0.05, 0) is 56.7 Å². The molecule has 0 aromatic heterocycles. The van der Waals surface area contributed by atoms with Crippen LogP contribution in [0.2, 0.25) is 0 Å². The van der Waals surface area contributed by atoms with Crippen LogP contribution in [0.5, 0.6) is 0 Å². The number of halogens is 1.